The average Bonchev–Trinajstić information content (AvgIpc) is 3.20. The van der Waals surface area contributed by atoms with E-state index in [2.05, 4.69) is 20.4 Å². The minimum atomic E-state index is -4.63. The molecule has 0 unspecified atom stereocenters. The zero-order valence-corrected chi connectivity index (χ0v) is 17.4. The van der Waals surface area contributed by atoms with Crippen molar-refractivity contribution in [3.63, 3.8) is 0 Å². The fraction of sp³-hybridized carbons (Fsp3) is 0.333. The molecule has 0 bridgehead atoms. The molecular weight excluding hydrogens is 464 g/mol. The molecular formula is C21H21ClF4N6O. The minimum Gasteiger partial charge on any atom is -0.364 e. The molecule has 1 atom stereocenters. The highest BCUT2D eigenvalue weighted by Gasteiger charge is 2.32. The number of nitrogens with zero attached hydrogens (tertiary/aromatic N) is 5. The average molecular weight is 485 g/mol. The van der Waals surface area contributed by atoms with Crippen molar-refractivity contribution >= 4 is 23.2 Å². The predicted octanol–water partition coefficient (Wildman–Crippen LogP) is 4.62. The normalized spacial score (nSPS) is 14.9. The molecule has 1 aliphatic rings. The third-order valence-electron chi connectivity index (χ3n) is 4.95. The van der Waals surface area contributed by atoms with Crippen LogP contribution in [0.1, 0.15) is 42.1 Å². The van der Waals surface area contributed by atoms with Crippen LogP contribution in [0, 0.1) is 0 Å². The molecule has 1 fully saturated rings. The van der Waals surface area contributed by atoms with Gasteiger partial charge >= 0.3 is 6.18 Å². The maximum absolute atomic E-state index is 13.0. The van der Waals surface area contributed by atoms with Crippen LogP contribution in [0.4, 0.5) is 23.2 Å². The van der Waals surface area contributed by atoms with Crippen LogP contribution < -0.4 is 10.2 Å². The first-order valence-electron chi connectivity index (χ1n) is 9.56. The molecule has 7 nitrogen and oxygen atoms in total. The topological polar surface area (TPSA) is 75.9 Å². The van der Waals surface area contributed by atoms with Crippen molar-refractivity contribution < 1.29 is 22.4 Å². The summed E-state index contributed by atoms with van der Waals surface area (Å²) in [5.74, 6) is -0.00635. The summed E-state index contributed by atoms with van der Waals surface area (Å²) in [6.07, 6.45) is -2.61. The highest BCUT2D eigenvalue weighted by atomic mass is 35.5. The van der Waals surface area contributed by atoms with Crippen LogP contribution in [-0.4, -0.2) is 44.9 Å². The van der Waals surface area contributed by atoms with E-state index in [-0.39, 0.29) is 18.0 Å². The fourth-order valence-electron chi connectivity index (χ4n) is 3.28. The Bertz CT molecular complexity index is 1130. The third kappa shape index (κ3) is 5.24. The number of alkyl halides is 4. The molecule has 0 radical (unpaired) electrons. The van der Waals surface area contributed by atoms with Crippen LogP contribution in [-0.2, 0) is 6.18 Å². The molecule has 1 amide bonds. The maximum Gasteiger partial charge on any atom is 0.416 e. The van der Waals surface area contributed by atoms with Crippen molar-refractivity contribution in [2.24, 2.45) is 0 Å². The van der Waals surface area contributed by atoms with Gasteiger partial charge < -0.3 is 10.2 Å². The van der Waals surface area contributed by atoms with E-state index in [4.69, 9.17) is 11.6 Å². The number of halogens is 5. The van der Waals surface area contributed by atoms with Gasteiger partial charge in [0.1, 0.15) is 12.5 Å². The Balaban J connectivity index is 0.00000306. The van der Waals surface area contributed by atoms with Gasteiger partial charge in [-0.1, -0.05) is 19.0 Å². The Hall–Kier alpha value is -3.21. The number of benzene rings is 1. The number of rotatable bonds is 5. The Kier molecular flexibility index (Phi) is 6.92. The lowest BCUT2D eigenvalue weighted by Gasteiger charge is -2.36. The van der Waals surface area contributed by atoms with Gasteiger partial charge in [0, 0.05) is 10.6 Å². The highest BCUT2D eigenvalue weighted by Crippen LogP contribution is 2.32. The Morgan fingerprint density at radius 2 is 1.94 bits per heavy atom. The van der Waals surface area contributed by atoms with Gasteiger partial charge in [-0.05, 0) is 37.3 Å². The smallest absolute Gasteiger partial charge is 0.364 e. The number of nitrogens with one attached hydrogen (secondary N) is 1. The van der Waals surface area contributed by atoms with Crippen molar-refractivity contribution in [3.05, 3.63) is 64.8 Å². The van der Waals surface area contributed by atoms with Crippen molar-refractivity contribution in [1.29, 1.82) is 0 Å². The summed E-state index contributed by atoms with van der Waals surface area (Å²) in [5, 5.41) is 6.52. The summed E-state index contributed by atoms with van der Waals surface area (Å²) in [6, 6.07) is 5.38. The van der Waals surface area contributed by atoms with Crippen LogP contribution in [0.15, 0.2) is 42.9 Å². The second-order valence-electron chi connectivity index (χ2n) is 7.33. The lowest BCUT2D eigenvalue weighted by molar-refractivity contribution is -0.137. The van der Waals surface area contributed by atoms with E-state index >= 15 is 0 Å². The SMILES string of the molecule is C.C[C@H](NC(=O)c1cc(Cl)cc(C(F)(F)F)c1)c1ncnn1-c1ccc(N2CC(F)C2)cn1. The van der Waals surface area contributed by atoms with Crippen molar-refractivity contribution in [2.75, 3.05) is 18.0 Å². The van der Waals surface area contributed by atoms with E-state index in [1.807, 2.05) is 4.90 Å². The molecule has 3 heterocycles. The van der Waals surface area contributed by atoms with E-state index in [0.717, 1.165) is 23.9 Å². The van der Waals surface area contributed by atoms with E-state index in [9.17, 15) is 22.4 Å². The van der Waals surface area contributed by atoms with E-state index in [1.54, 1.807) is 25.3 Å². The maximum atomic E-state index is 13.0. The third-order valence-corrected chi connectivity index (χ3v) is 5.17. The summed E-state index contributed by atoms with van der Waals surface area (Å²) in [7, 11) is 0. The standard InChI is InChI=1S/C20H17ClF4N6O.CH4/c1-11(29-19(32)12-4-13(20(23,24)25)6-14(21)5-12)18-27-10-28-31(18)17-3-2-16(7-26-17)30-8-15(22)9-30;/h2-7,10-11,15H,8-9H2,1H3,(H,29,32);1H4/t11-;/m0./s1. The van der Waals surface area contributed by atoms with Gasteiger partial charge in [-0.3, -0.25) is 4.79 Å². The molecule has 2 aromatic heterocycles. The second-order valence-corrected chi connectivity index (χ2v) is 7.76. The van der Waals surface area contributed by atoms with E-state index < -0.39 is 29.9 Å². The molecule has 1 aliphatic heterocycles. The van der Waals surface area contributed by atoms with E-state index in [1.165, 1.54) is 11.0 Å². The monoisotopic (exact) mass is 484 g/mol. The van der Waals surface area contributed by atoms with Gasteiger partial charge in [0.05, 0.1) is 36.6 Å². The molecule has 176 valence electrons. The van der Waals surface area contributed by atoms with Gasteiger partial charge in [0.25, 0.3) is 5.91 Å². The molecule has 0 aliphatic carbocycles. The summed E-state index contributed by atoms with van der Waals surface area (Å²) in [5.41, 5.74) is -0.477. The van der Waals surface area contributed by atoms with Gasteiger partial charge in [-0.15, -0.1) is 0 Å². The highest BCUT2D eigenvalue weighted by molar-refractivity contribution is 6.31. The lowest BCUT2D eigenvalue weighted by atomic mass is 10.1. The zero-order valence-electron chi connectivity index (χ0n) is 16.6. The molecule has 0 spiro atoms. The largest absolute Gasteiger partial charge is 0.416 e. The molecule has 12 heteroatoms. The summed E-state index contributed by atoms with van der Waals surface area (Å²) < 4.78 is 53.5. The van der Waals surface area contributed by atoms with Gasteiger partial charge in [-0.25, -0.2) is 14.4 Å². The van der Waals surface area contributed by atoms with Gasteiger partial charge in [0.2, 0.25) is 0 Å². The molecule has 0 saturated carbocycles. The Morgan fingerprint density at radius 3 is 2.55 bits per heavy atom. The van der Waals surface area contributed by atoms with Crippen LogP contribution in [0.2, 0.25) is 5.02 Å². The molecule has 1 aromatic carbocycles. The number of hydrogen-bond acceptors (Lipinski definition) is 5. The van der Waals surface area contributed by atoms with E-state index in [0.29, 0.717) is 24.7 Å². The number of carbonyl (C=O) groups excluding carboxylic acids is 1. The van der Waals surface area contributed by atoms with Crippen LogP contribution >= 0.6 is 11.6 Å². The van der Waals surface area contributed by atoms with Crippen LogP contribution in [0.25, 0.3) is 5.82 Å². The lowest BCUT2D eigenvalue weighted by Crippen LogP contribution is -2.48. The van der Waals surface area contributed by atoms with Crippen molar-refractivity contribution in [2.45, 2.75) is 32.7 Å². The second kappa shape index (κ2) is 9.34. The molecule has 1 N–H and O–H groups in total. The number of amides is 1. The van der Waals surface area contributed by atoms with Gasteiger partial charge in [0.15, 0.2) is 11.6 Å². The summed E-state index contributed by atoms with van der Waals surface area (Å²) >= 11 is 5.76. The predicted molar refractivity (Wildman–Crippen MR) is 115 cm³/mol. The zero-order chi connectivity index (χ0) is 23.0. The Morgan fingerprint density at radius 1 is 1.21 bits per heavy atom. The molecule has 1 saturated heterocycles. The van der Waals surface area contributed by atoms with Crippen LogP contribution in [0.5, 0.6) is 0 Å². The van der Waals surface area contributed by atoms with Crippen molar-refractivity contribution in [3.8, 4) is 5.82 Å². The van der Waals surface area contributed by atoms with Gasteiger partial charge in [-0.2, -0.15) is 23.0 Å². The van der Waals surface area contributed by atoms with Crippen molar-refractivity contribution in [1.82, 2.24) is 25.1 Å². The minimum absolute atomic E-state index is 0. The Labute approximate surface area is 192 Å². The molecule has 4 rings (SSSR count). The summed E-state index contributed by atoms with van der Waals surface area (Å²) in [6.45, 7) is 2.25. The summed E-state index contributed by atoms with van der Waals surface area (Å²) in [4.78, 5) is 22.9. The molecule has 3 aromatic rings. The quantitative estimate of drug-likeness (QED) is 0.535. The number of hydrogen-bond donors (Lipinski definition) is 1. The number of pyridine rings is 1. The first kappa shape index (κ1) is 24.4. The number of aromatic nitrogens is 4. The fourth-order valence-corrected chi connectivity index (χ4v) is 3.51. The number of anilines is 1. The van der Waals surface area contributed by atoms with Crippen LogP contribution in [0.3, 0.4) is 0 Å². The first-order chi connectivity index (χ1) is 15.1. The number of carbonyl (C=O) groups is 1. The molecule has 33 heavy (non-hydrogen) atoms. The first-order valence-corrected chi connectivity index (χ1v) is 9.93.